The van der Waals surface area contributed by atoms with Crippen LogP contribution in [-0.4, -0.2) is 5.04 Å². The zero-order valence-electron chi connectivity index (χ0n) is 14.7. The van der Waals surface area contributed by atoms with Gasteiger partial charge in [-0.2, -0.15) is 13.2 Å². The lowest BCUT2D eigenvalue weighted by Gasteiger charge is -2.16. The maximum Gasteiger partial charge on any atom is 0.416 e. The van der Waals surface area contributed by atoms with Crippen LogP contribution in [0, 0.1) is 0 Å². The molecule has 0 radical (unpaired) electrons. The monoisotopic (exact) mass is 418 g/mol. The summed E-state index contributed by atoms with van der Waals surface area (Å²) in [7, 11) is 0. The average Bonchev–Trinajstić information content (AvgIpc) is 2.70. The summed E-state index contributed by atoms with van der Waals surface area (Å²) in [4.78, 5) is 0. The van der Waals surface area contributed by atoms with Crippen molar-refractivity contribution in [3.05, 3.63) is 106 Å². The predicted molar refractivity (Wildman–Crippen MR) is 113 cm³/mol. The van der Waals surface area contributed by atoms with Gasteiger partial charge in [-0.3, -0.25) is 0 Å². The number of benzene rings is 2. The normalized spacial score (nSPS) is 21.0. The van der Waals surface area contributed by atoms with Crippen LogP contribution in [0.2, 0.25) is 0 Å². The van der Waals surface area contributed by atoms with Gasteiger partial charge in [0.25, 0.3) is 0 Å². The van der Waals surface area contributed by atoms with Crippen molar-refractivity contribution in [1.82, 2.24) is 5.32 Å². The van der Waals surface area contributed by atoms with E-state index >= 15 is 0 Å². The van der Waals surface area contributed by atoms with Crippen molar-refractivity contribution < 1.29 is 13.2 Å². The molecule has 1 aliphatic heterocycles. The van der Waals surface area contributed by atoms with Gasteiger partial charge in [0.2, 0.25) is 0 Å². The lowest BCUT2D eigenvalue weighted by Crippen LogP contribution is -2.17. The number of hydrogen-bond acceptors (Lipinski definition) is 4. The summed E-state index contributed by atoms with van der Waals surface area (Å²) >= 11 is 2.70. The first-order chi connectivity index (χ1) is 13.5. The molecule has 2 nitrogen and oxygen atoms in total. The second-order valence-corrected chi connectivity index (χ2v) is 7.42. The van der Waals surface area contributed by atoms with Crippen LogP contribution in [0.25, 0.3) is 0 Å². The smallest absolute Gasteiger partial charge is 0.375 e. The summed E-state index contributed by atoms with van der Waals surface area (Å²) in [6, 6.07) is 15.3. The maximum atomic E-state index is 13.2. The van der Waals surface area contributed by atoms with Crippen molar-refractivity contribution >= 4 is 28.8 Å². The Balaban J connectivity index is 1.82. The molecule has 0 unspecified atom stereocenters. The summed E-state index contributed by atoms with van der Waals surface area (Å²) in [6.45, 7) is 0.0629. The topological polar surface area (TPSA) is 24.4 Å². The summed E-state index contributed by atoms with van der Waals surface area (Å²) in [5.74, 6) is 0. The molecule has 2 aromatic carbocycles. The molecule has 0 atom stereocenters. The van der Waals surface area contributed by atoms with Crippen molar-refractivity contribution in [1.29, 1.82) is 0 Å². The molecule has 144 valence electrons. The zero-order valence-corrected chi connectivity index (χ0v) is 16.3. The van der Waals surface area contributed by atoms with Crippen molar-refractivity contribution in [3.8, 4) is 0 Å². The van der Waals surface area contributed by atoms with Crippen LogP contribution in [0.15, 0.2) is 93.7 Å². The Kier molecular flexibility index (Phi) is 7.06. The maximum absolute atomic E-state index is 13.2. The third kappa shape index (κ3) is 5.81. The number of nitrogens with one attached hydrogen (secondary N) is 1. The van der Waals surface area contributed by atoms with E-state index in [2.05, 4.69) is 9.71 Å². The van der Waals surface area contributed by atoms with E-state index in [1.54, 1.807) is 6.07 Å². The summed E-state index contributed by atoms with van der Waals surface area (Å²) < 4.78 is 44.2. The second-order valence-electron chi connectivity index (χ2n) is 5.72. The van der Waals surface area contributed by atoms with Crippen molar-refractivity contribution in [2.45, 2.75) is 12.7 Å². The van der Waals surface area contributed by atoms with Gasteiger partial charge in [0.05, 0.1) is 10.6 Å². The molecular formula is C21H17F3N2S2. The van der Waals surface area contributed by atoms with Gasteiger partial charge in [0, 0.05) is 24.1 Å². The number of hydrogen-bond donors (Lipinski definition) is 1. The van der Waals surface area contributed by atoms with E-state index in [1.165, 1.54) is 35.8 Å². The highest BCUT2D eigenvalue weighted by atomic mass is 32.2. The average molecular weight is 419 g/mol. The molecule has 0 aliphatic carbocycles. The molecule has 7 heteroatoms. The Bertz CT molecular complexity index is 917. The van der Waals surface area contributed by atoms with Crippen LogP contribution in [0.4, 0.5) is 13.2 Å². The van der Waals surface area contributed by atoms with E-state index in [0.29, 0.717) is 5.03 Å². The molecular weight excluding hydrogens is 401 g/mol. The highest BCUT2D eigenvalue weighted by Gasteiger charge is 2.32. The fourth-order valence-electron chi connectivity index (χ4n) is 2.44. The minimum Gasteiger partial charge on any atom is -0.375 e. The van der Waals surface area contributed by atoms with E-state index in [9.17, 15) is 13.2 Å². The summed E-state index contributed by atoms with van der Waals surface area (Å²) in [5, 5.41) is 6.48. The summed E-state index contributed by atoms with van der Waals surface area (Å²) in [5.41, 5.74) is 0.519. The quantitative estimate of drug-likeness (QED) is 0.570. The van der Waals surface area contributed by atoms with Crippen molar-refractivity contribution in [3.63, 3.8) is 0 Å². The van der Waals surface area contributed by atoms with E-state index in [-0.39, 0.29) is 12.1 Å². The summed E-state index contributed by atoms with van der Waals surface area (Å²) in [6.07, 6.45) is 3.01. The van der Waals surface area contributed by atoms with E-state index in [1.807, 2.05) is 60.0 Å². The van der Waals surface area contributed by atoms with Gasteiger partial charge < -0.3 is 5.32 Å². The molecule has 0 aromatic heterocycles. The van der Waals surface area contributed by atoms with Crippen LogP contribution >= 0.6 is 23.7 Å². The van der Waals surface area contributed by atoms with Crippen LogP contribution in [0.1, 0.15) is 16.7 Å². The number of allylic oxidation sites excluding steroid dienone is 4. The number of rotatable bonds is 4. The minimum absolute atomic E-state index is 0.0629. The third-order valence-corrected chi connectivity index (χ3v) is 5.45. The fourth-order valence-corrected chi connectivity index (χ4v) is 3.90. The minimum atomic E-state index is -4.38. The molecule has 28 heavy (non-hydrogen) atoms. The first kappa shape index (κ1) is 20.4. The molecule has 1 N–H and O–H groups in total. The van der Waals surface area contributed by atoms with Crippen molar-refractivity contribution in [2.75, 3.05) is 0 Å². The predicted octanol–water partition coefficient (Wildman–Crippen LogP) is 6.55. The molecule has 0 saturated heterocycles. The first-order valence-corrected chi connectivity index (χ1v) is 10.1. The zero-order chi connectivity index (χ0) is 19.8. The Morgan fingerprint density at radius 2 is 1.64 bits per heavy atom. The van der Waals surface area contributed by atoms with Gasteiger partial charge in [0.15, 0.2) is 0 Å². The van der Waals surface area contributed by atoms with Crippen LogP contribution in [0.3, 0.4) is 0 Å². The van der Waals surface area contributed by atoms with Gasteiger partial charge in [-0.05, 0) is 23.1 Å². The Morgan fingerprint density at radius 3 is 2.43 bits per heavy atom. The van der Waals surface area contributed by atoms with E-state index in [0.717, 1.165) is 16.7 Å². The molecule has 1 heterocycles. The molecule has 0 fully saturated rings. The molecule has 0 amide bonds. The first-order valence-electron chi connectivity index (χ1n) is 8.43. The number of thioether (sulfide) groups is 1. The second kappa shape index (κ2) is 9.71. The molecule has 3 rings (SSSR count). The molecule has 0 saturated carbocycles. The largest absolute Gasteiger partial charge is 0.416 e. The third-order valence-electron chi connectivity index (χ3n) is 3.75. The van der Waals surface area contributed by atoms with E-state index < -0.39 is 11.7 Å². The van der Waals surface area contributed by atoms with Crippen LogP contribution < -0.4 is 5.32 Å². The molecule has 0 spiro atoms. The van der Waals surface area contributed by atoms with Crippen LogP contribution in [0.5, 0.6) is 0 Å². The van der Waals surface area contributed by atoms with Gasteiger partial charge in [-0.15, -0.1) is 0 Å². The van der Waals surface area contributed by atoms with Crippen LogP contribution in [-0.2, 0) is 12.7 Å². The Labute approximate surface area is 170 Å². The Hall–Kier alpha value is -2.38. The highest BCUT2D eigenvalue weighted by Crippen LogP contribution is 2.32. The fraction of sp³-hybridized carbons (Fsp3) is 0.0952. The molecule has 0 bridgehead atoms. The Morgan fingerprint density at radius 1 is 0.893 bits per heavy atom. The van der Waals surface area contributed by atoms with Gasteiger partial charge in [-0.1, -0.05) is 78.5 Å². The van der Waals surface area contributed by atoms with Gasteiger partial charge in [-0.25, -0.2) is 4.40 Å². The molecule has 1 aliphatic rings. The molecule has 2 aromatic rings. The highest BCUT2D eigenvalue weighted by molar-refractivity contribution is 8.18. The van der Waals surface area contributed by atoms with Crippen molar-refractivity contribution in [2.24, 2.45) is 4.40 Å². The van der Waals surface area contributed by atoms with E-state index in [4.69, 9.17) is 0 Å². The van der Waals surface area contributed by atoms with Gasteiger partial charge in [0.1, 0.15) is 5.04 Å². The SMILES string of the molecule is FC(F)(F)c1ccccc1CN\C1=C/C=C/C=C\S/N=C(/c2ccccc2)S1. The van der Waals surface area contributed by atoms with Gasteiger partial charge >= 0.3 is 6.18 Å². The lowest BCUT2D eigenvalue weighted by atomic mass is 10.1. The number of halogens is 3. The number of alkyl halides is 3. The standard InChI is InChI=1S/C21H17F3N2S2/c22-21(23,24)18-12-7-6-11-17(18)15-25-19-13-5-2-8-14-27-26-20(28-19)16-9-3-1-4-10-16/h1-14,25H,15H2/b5-2+,14-8-,19-13+,26-20-. The number of nitrogens with zero attached hydrogens (tertiary/aromatic N) is 1. The lowest BCUT2D eigenvalue weighted by molar-refractivity contribution is -0.138.